The standard InChI is InChI=1S/C28H24O5/c29-25-17-24(28(30)31)23(16-20-10-4-1-5-11-20)26(32-18-21-12-6-2-7-13-21)27(25)33-19-22-14-8-3-9-15-22/h1-15,17,29H,16,18-19H2,(H,30,31). The third-order valence-corrected chi connectivity index (χ3v) is 5.23. The van der Waals surface area contributed by atoms with Gasteiger partial charge >= 0.3 is 5.97 Å². The molecule has 2 N–H and O–H groups in total. The largest absolute Gasteiger partial charge is 0.504 e. The molecule has 0 saturated carbocycles. The molecule has 0 amide bonds. The van der Waals surface area contributed by atoms with Gasteiger partial charge in [-0.3, -0.25) is 0 Å². The van der Waals surface area contributed by atoms with E-state index in [9.17, 15) is 15.0 Å². The number of carboxylic acid groups (broad SMARTS) is 1. The molecule has 4 aromatic rings. The molecule has 5 nitrogen and oxygen atoms in total. The lowest BCUT2D eigenvalue weighted by atomic mass is 9.97. The van der Waals surface area contributed by atoms with Gasteiger partial charge in [-0.15, -0.1) is 0 Å². The number of aromatic hydroxyl groups is 1. The van der Waals surface area contributed by atoms with Crippen LogP contribution in [0.5, 0.6) is 17.2 Å². The Morgan fingerprint density at radius 2 is 1.12 bits per heavy atom. The molecule has 166 valence electrons. The Bertz CT molecular complexity index is 1210. The van der Waals surface area contributed by atoms with Crippen LogP contribution in [0.25, 0.3) is 0 Å². The lowest BCUT2D eigenvalue weighted by Gasteiger charge is -2.20. The van der Waals surface area contributed by atoms with E-state index in [2.05, 4.69) is 0 Å². The van der Waals surface area contributed by atoms with Gasteiger partial charge in [0.25, 0.3) is 0 Å². The molecule has 0 aliphatic rings. The maximum Gasteiger partial charge on any atom is 0.336 e. The maximum absolute atomic E-state index is 12.1. The highest BCUT2D eigenvalue weighted by Crippen LogP contribution is 2.43. The van der Waals surface area contributed by atoms with Crippen LogP contribution in [-0.2, 0) is 19.6 Å². The zero-order chi connectivity index (χ0) is 23.0. The lowest BCUT2D eigenvalue weighted by molar-refractivity contribution is 0.0694. The minimum atomic E-state index is -1.14. The Hall–Kier alpha value is -4.25. The zero-order valence-corrected chi connectivity index (χ0v) is 18.0. The molecule has 0 fully saturated rings. The predicted octanol–water partition coefficient (Wildman–Crippen LogP) is 5.84. The van der Waals surface area contributed by atoms with Crippen LogP contribution in [0.15, 0.2) is 97.1 Å². The maximum atomic E-state index is 12.1. The Morgan fingerprint density at radius 3 is 1.61 bits per heavy atom. The summed E-state index contributed by atoms with van der Waals surface area (Å²) in [5.41, 5.74) is 3.18. The van der Waals surface area contributed by atoms with E-state index in [1.54, 1.807) is 0 Å². The number of aromatic carboxylic acids is 1. The van der Waals surface area contributed by atoms with Crippen molar-refractivity contribution < 1.29 is 24.5 Å². The highest BCUT2D eigenvalue weighted by Gasteiger charge is 2.24. The van der Waals surface area contributed by atoms with Gasteiger partial charge in [0.1, 0.15) is 13.2 Å². The second kappa shape index (κ2) is 10.4. The topological polar surface area (TPSA) is 76.0 Å². The number of ether oxygens (including phenoxy) is 2. The number of phenols is 1. The first kappa shape index (κ1) is 22.0. The molecule has 0 bridgehead atoms. The van der Waals surface area contributed by atoms with Crippen LogP contribution in [0.4, 0.5) is 0 Å². The third-order valence-electron chi connectivity index (χ3n) is 5.23. The molecule has 33 heavy (non-hydrogen) atoms. The second-order valence-electron chi connectivity index (χ2n) is 7.60. The number of benzene rings is 4. The van der Waals surface area contributed by atoms with Crippen LogP contribution in [0.3, 0.4) is 0 Å². The molecule has 0 aliphatic heterocycles. The van der Waals surface area contributed by atoms with Gasteiger partial charge in [0.15, 0.2) is 11.5 Å². The molecule has 4 aromatic carbocycles. The van der Waals surface area contributed by atoms with E-state index >= 15 is 0 Å². The average Bonchev–Trinajstić information content (AvgIpc) is 2.85. The number of rotatable bonds is 9. The van der Waals surface area contributed by atoms with Crippen LogP contribution in [0.2, 0.25) is 0 Å². The van der Waals surface area contributed by atoms with Crippen molar-refractivity contribution >= 4 is 5.97 Å². The highest BCUT2D eigenvalue weighted by atomic mass is 16.5. The first-order valence-corrected chi connectivity index (χ1v) is 10.6. The van der Waals surface area contributed by atoms with E-state index in [1.165, 1.54) is 6.07 Å². The number of hydrogen-bond acceptors (Lipinski definition) is 4. The van der Waals surface area contributed by atoms with Crippen molar-refractivity contribution in [3.8, 4) is 17.2 Å². The Morgan fingerprint density at radius 1 is 0.667 bits per heavy atom. The van der Waals surface area contributed by atoms with Crippen molar-refractivity contribution in [3.63, 3.8) is 0 Å². The van der Waals surface area contributed by atoms with Gasteiger partial charge in [0.05, 0.1) is 5.56 Å². The molecule has 4 rings (SSSR count). The van der Waals surface area contributed by atoms with Crippen molar-refractivity contribution in [1.82, 2.24) is 0 Å². The first-order chi connectivity index (χ1) is 16.1. The molecular weight excluding hydrogens is 416 g/mol. The van der Waals surface area contributed by atoms with E-state index in [-0.39, 0.29) is 36.0 Å². The van der Waals surface area contributed by atoms with Gasteiger partial charge in [0.2, 0.25) is 5.75 Å². The third kappa shape index (κ3) is 5.52. The summed E-state index contributed by atoms with van der Waals surface area (Å²) >= 11 is 0. The quantitative estimate of drug-likeness (QED) is 0.342. The van der Waals surface area contributed by atoms with Crippen LogP contribution >= 0.6 is 0 Å². The molecule has 0 atom stereocenters. The average molecular weight is 440 g/mol. The molecule has 0 saturated heterocycles. The molecular formula is C28H24O5. The molecule has 0 spiro atoms. The summed E-state index contributed by atoms with van der Waals surface area (Å²) in [7, 11) is 0. The molecule has 0 aromatic heterocycles. The minimum absolute atomic E-state index is 0.0218. The number of hydrogen-bond donors (Lipinski definition) is 2. The van der Waals surface area contributed by atoms with Crippen molar-refractivity contribution in [2.45, 2.75) is 19.6 Å². The number of phenolic OH excluding ortho intramolecular Hbond substituents is 1. The van der Waals surface area contributed by atoms with Crippen molar-refractivity contribution in [2.24, 2.45) is 0 Å². The van der Waals surface area contributed by atoms with E-state index in [4.69, 9.17) is 9.47 Å². The van der Waals surface area contributed by atoms with E-state index in [0.29, 0.717) is 12.0 Å². The van der Waals surface area contributed by atoms with E-state index < -0.39 is 5.97 Å². The van der Waals surface area contributed by atoms with Crippen molar-refractivity contribution in [3.05, 3.63) is 125 Å². The summed E-state index contributed by atoms with van der Waals surface area (Å²) in [5, 5.41) is 20.6. The fourth-order valence-electron chi connectivity index (χ4n) is 3.58. The highest BCUT2D eigenvalue weighted by molar-refractivity contribution is 5.92. The lowest BCUT2D eigenvalue weighted by Crippen LogP contribution is -2.10. The molecule has 0 heterocycles. The molecule has 5 heteroatoms. The molecule has 0 unspecified atom stereocenters. The summed E-state index contributed by atoms with van der Waals surface area (Å²) < 4.78 is 12.1. The van der Waals surface area contributed by atoms with Crippen molar-refractivity contribution in [1.29, 1.82) is 0 Å². The minimum Gasteiger partial charge on any atom is -0.504 e. The molecule has 0 aliphatic carbocycles. The van der Waals surface area contributed by atoms with Crippen LogP contribution < -0.4 is 9.47 Å². The van der Waals surface area contributed by atoms with Gasteiger partial charge in [-0.25, -0.2) is 4.79 Å². The van der Waals surface area contributed by atoms with Gasteiger partial charge in [0, 0.05) is 12.0 Å². The Kier molecular flexibility index (Phi) is 6.90. The number of carbonyl (C=O) groups is 1. The van der Waals surface area contributed by atoms with Gasteiger partial charge in [-0.1, -0.05) is 91.0 Å². The van der Waals surface area contributed by atoms with Crippen molar-refractivity contribution in [2.75, 3.05) is 0 Å². The van der Waals surface area contributed by atoms with Crippen LogP contribution in [0, 0.1) is 0 Å². The first-order valence-electron chi connectivity index (χ1n) is 10.6. The zero-order valence-electron chi connectivity index (χ0n) is 18.0. The summed E-state index contributed by atoms with van der Waals surface area (Å²) in [5.74, 6) is -1.06. The SMILES string of the molecule is O=C(O)c1cc(O)c(OCc2ccccc2)c(OCc2ccccc2)c1Cc1ccccc1. The van der Waals surface area contributed by atoms with Gasteiger partial charge in [-0.2, -0.15) is 0 Å². The fraction of sp³-hybridized carbons (Fsp3) is 0.107. The number of carboxylic acids is 1. The fourth-order valence-corrected chi connectivity index (χ4v) is 3.58. The van der Waals surface area contributed by atoms with Gasteiger partial charge in [-0.05, 0) is 22.8 Å². The second-order valence-corrected chi connectivity index (χ2v) is 7.60. The smallest absolute Gasteiger partial charge is 0.336 e. The molecule has 0 radical (unpaired) electrons. The van der Waals surface area contributed by atoms with Crippen LogP contribution in [0.1, 0.15) is 32.6 Å². The van der Waals surface area contributed by atoms with Crippen LogP contribution in [-0.4, -0.2) is 16.2 Å². The summed E-state index contributed by atoms with van der Waals surface area (Å²) in [6.45, 7) is 0.403. The summed E-state index contributed by atoms with van der Waals surface area (Å²) in [6, 6.07) is 29.9. The Labute approximate surface area is 192 Å². The van der Waals surface area contributed by atoms with E-state index in [0.717, 1.165) is 16.7 Å². The van der Waals surface area contributed by atoms with E-state index in [1.807, 2.05) is 91.0 Å². The summed E-state index contributed by atoms with van der Waals surface area (Å²) in [4.78, 5) is 12.1. The summed E-state index contributed by atoms with van der Waals surface area (Å²) in [6.07, 6.45) is 0.314. The normalized spacial score (nSPS) is 10.5. The van der Waals surface area contributed by atoms with Gasteiger partial charge < -0.3 is 19.7 Å². The monoisotopic (exact) mass is 440 g/mol. The predicted molar refractivity (Wildman–Crippen MR) is 126 cm³/mol. The Balaban J connectivity index is 1.77.